The lowest BCUT2D eigenvalue weighted by Crippen LogP contribution is -2.48. The molecule has 2 rings (SSSR count). The van der Waals surface area contributed by atoms with Crippen molar-refractivity contribution in [2.24, 2.45) is 0 Å². The zero-order valence-electron chi connectivity index (χ0n) is 13.2. The highest BCUT2D eigenvalue weighted by molar-refractivity contribution is 6.30. The molecule has 1 aromatic carbocycles. The van der Waals surface area contributed by atoms with Gasteiger partial charge in [0.2, 0.25) is 0 Å². The lowest BCUT2D eigenvalue weighted by Gasteiger charge is -2.34. The number of rotatable bonds is 7. The van der Waals surface area contributed by atoms with Crippen LogP contribution in [0.2, 0.25) is 5.02 Å². The van der Waals surface area contributed by atoms with Gasteiger partial charge in [0.05, 0.1) is 0 Å². The van der Waals surface area contributed by atoms with Crippen molar-refractivity contribution in [2.75, 3.05) is 32.7 Å². The molecule has 126 valence electrons. The number of amides is 1. The van der Waals surface area contributed by atoms with Crippen LogP contribution in [0, 0.1) is 0 Å². The molecule has 5 nitrogen and oxygen atoms in total. The van der Waals surface area contributed by atoms with Gasteiger partial charge in [0.15, 0.2) is 0 Å². The monoisotopic (exact) mass is 338 g/mol. The van der Waals surface area contributed by atoms with Gasteiger partial charge in [-0.3, -0.25) is 4.90 Å². The van der Waals surface area contributed by atoms with Crippen molar-refractivity contribution in [3.8, 4) is 0 Å². The number of aldehydes is 1. The minimum absolute atomic E-state index is 0.241. The van der Waals surface area contributed by atoms with E-state index in [1.807, 2.05) is 12.1 Å². The van der Waals surface area contributed by atoms with Crippen LogP contribution in [0.5, 0.6) is 0 Å². The first-order valence-electron chi connectivity index (χ1n) is 8.01. The van der Waals surface area contributed by atoms with Gasteiger partial charge in [-0.15, -0.1) is 0 Å². The van der Waals surface area contributed by atoms with Crippen molar-refractivity contribution in [3.63, 3.8) is 0 Å². The molecule has 0 unspecified atom stereocenters. The Morgan fingerprint density at radius 3 is 2.70 bits per heavy atom. The molecular weight excluding hydrogens is 316 g/mol. The van der Waals surface area contributed by atoms with E-state index < -0.39 is 0 Å². The Morgan fingerprint density at radius 2 is 2.00 bits per heavy atom. The number of carbonyl (C=O) groups excluding carboxylic acids is 2. The summed E-state index contributed by atoms with van der Waals surface area (Å²) >= 11 is 5.91. The third-order valence-electron chi connectivity index (χ3n) is 3.93. The van der Waals surface area contributed by atoms with Crippen LogP contribution in [0.3, 0.4) is 0 Å². The van der Waals surface area contributed by atoms with Gasteiger partial charge >= 0.3 is 6.09 Å². The number of hydrogen-bond acceptors (Lipinski definition) is 4. The van der Waals surface area contributed by atoms with Crippen LogP contribution in [0.15, 0.2) is 24.3 Å². The molecule has 23 heavy (non-hydrogen) atoms. The predicted molar refractivity (Wildman–Crippen MR) is 89.6 cm³/mol. The largest absolute Gasteiger partial charge is 0.445 e. The molecule has 1 aliphatic rings. The summed E-state index contributed by atoms with van der Waals surface area (Å²) in [5.74, 6) is 0. The second kappa shape index (κ2) is 9.53. The minimum Gasteiger partial charge on any atom is -0.445 e. The molecule has 1 saturated heterocycles. The van der Waals surface area contributed by atoms with Crippen molar-refractivity contribution < 1.29 is 14.3 Å². The van der Waals surface area contributed by atoms with Crippen LogP contribution >= 0.6 is 11.6 Å². The summed E-state index contributed by atoms with van der Waals surface area (Å²) in [7, 11) is 0. The number of benzene rings is 1. The summed E-state index contributed by atoms with van der Waals surface area (Å²) in [4.78, 5) is 26.4. The predicted octanol–water partition coefficient (Wildman–Crippen LogP) is 2.96. The van der Waals surface area contributed by atoms with Gasteiger partial charge in [0.1, 0.15) is 12.9 Å². The van der Waals surface area contributed by atoms with Crippen LogP contribution in [0.1, 0.15) is 24.8 Å². The summed E-state index contributed by atoms with van der Waals surface area (Å²) in [6.07, 6.45) is 3.29. The standard InChI is InChI=1S/C17H23ClN2O3/c18-16-6-4-5-15(13-16)14-23-17(22)20-10-8-19(9-11-20)7-2-1-3-12-21/h4-6,12-13H,1-3,7-11,14H2. The molecule has 0 aliphatic carbocycles. The molecule has 0 radical (unpaired) electrons. The maximum Gasteiger partial charge on any atom is 0.410 e. The number of nitrogens with zero attached hydrogens (tertiary/aromatic N) is 2. The summed E-state index contributed by atoms with van der Waals surface area (Å²) in [6, 6.07) is 7.32. The van der Waals surface area contributed by atoms with Crippen molar-refractivity contribution in [1.82, 2.24) is 9.80 Å². The third kappa shape index (κ3) is 6.20. The summed E-state index contributed by atoms with van der Waals surface area (Å²) < 4.78 is 5.34. The summed E-state index contributed by atoms with van der Waals surface area (Å²) in [6.45, 7) is 4.30. The van der Waals surface area contributed by atoms with Gasteiger partial charge < -0.3 is 14.4 Å². The van der Waals surface area contributed by atoms with Gasteiger partial charge in [0, 0.05) is 37.6 Å². The van der Waals surface area contributed by atoms with Crippen LogP contribution in [0.4, 0.5) is 4.79 Å². The number of carbonyl (C=O) groups is 2. The Hall–Kier alpha value is -1.59. The fourth-order valence-corrected chi connectivity index (χ4v) is 2.79. The lowest BCUT2D eigenvalue weighted by atomic mass is 10.2. The molecule has 0 bridgehead atoms. The van der Waals surface area contributed by atoms with Gasteiger partial charge in [-0.05, 0) is 37.1 Å². The number of piperazine rings is 1. The van der Waals surface area contributed by atoms with E-state index in [9.17, 15) is 9.59 Å². The molecule has 6 heteroatoms. The maximum atomic E-state index is 12.1. The fourth-order valence-electron chi connectivity index (χ4n) is 2.58. The zero-order chi connectivity index (χ0) is 16.5. The van der Waals surface area contributed by atoms with Gasteiger partial charge in [-0.1, -0.05) is 23.7 Å². The Kier molecular flexibility index (Phi) is 7.36. The molecule has 1 fully saturated rings. The van der Waals surface area contributed by atoms with E-state index in [0.717, 1.165) is 44.3 Å². The van der Waals surface area contributed by atoms with Crippen molar-refractivity contribution >= 4 is 24.0 Å². The van der Waals surface area contributed by atoms with E-state index >= 15 is 0 Å². The Bertz CT molecular complexity index is 516. The first-order valence-corrected chi connectivity index (χ1v) is 8.39. The smallest absolute Gasteiger partial charge is 0.410 e. The van der Waals surface area contributed by atoms with Crippen molar-refractivity contribution in [2.45, 2.75) is 25.9 Å². The highest BCUT2D eigenvalue weighted by Crippen LogP contribution is 2.12. The van der Waals surface area contributed by atoms with E-state index in [1.165, 1.54) is 0 Å². The number of halogens is 1. The quantitative estimate of drug-likeness (QED) is 0.566. The molecule has 0 aromatic heterocycles. The van der Waals surface area contributed by atoms with Crippen LogP contribution < -0.4 is 0 Å². The molecule has 1 amide bonds. The first kappa shape index (κ1) is 17.8. The minimum atomic E-state index is -0.273. The first-order chi connectivity index (χ1) is 11.2. The van der Waals surface area contributed by atoms with Crippen LogP contribution in [-0.4, -0.2) is 54.9 Å². The molecule has 0 spiro atoms. The number of unbranched alkanes of at least 4 members (excludes halogenated alkanes) is 2. The Labute approximate surface area is 142 Å². The average Bonchev–Trinajstić information content (AvgIpc) is 2.57. The SMILES string of the molecule is O=CCCCCN1CCN(C(=O)OCc2cccc(Cl)c2)CC1. The second-order valence-electron chi connectivity index (χ2n) is 5.68. The topological polar surface area (TPSA) is 49.9 Å². The molecule has 1 aliphatic heterocycles. The normalized spacial score (nSPS) is 15.4. The highest BCUT2D eigenvalue weighted by atomic mass is 35.5. The van der Waals surface area contributed by atoms with Crippen molar-refractivity contribution in [3.05, 3.63) is 34.9 Å². The molecule has 1 heterocycles. The maximum absolute atomic E-state index is 12.1. The van der Waals surface area contributed by atoms with E-state index in [2.05, 4.69) is 4.90 Å². The van der Waals surface area contributed by atoms with Crippen molar-refractivity contribution in [1.29, 1.82) is 0 Å². The lowest BCUT2D eigenvalue weighted by molar-refractivity contribution is -0.107. The second-order valence-corrected chi connectivity index (χ2v) is 6.11. The summed E-state index contributed by atoms with van der Waals surface area (Å²) in [5, 5.41) is 0.641. The van der Waals surface area contributed by atoms with E-state index in [0.29, 0.717) is 24.5 Å². The highest BCUT2D eigenvalue weighted by Gasteiger charge is 2.21. The van der Waals surface area contributed by atoms with Crippen LogP contribution in [-0.2, 0) is 16.1 Å². The average molecular weight is 339 g/mol. The van der Waals surface area contributed by atoms with Gasteiger partial charge in [0.25, 0.3) is 0 Å². The van der Waals surface area contributed by atoms with E-state index in [4.69, 9.17) is 16.3 Å². The number of ether oxygens (including phenoxy) is 1. The number of hydrogen-bond donors (Lipinski definition) is 0. The Morgan fingerprint density at radius 1 is 1.22 bits per heavy atom. The molecule has 1 aromatic rings. The van der Waals surface area contributed by atoms with Gasteiger partial charge in [-0.2, -0.15) is 0 Å². The zero-order valence-corrected chi connectivity index (χ0v) is 14.0. The fraction of sp³-hybridized carbons (Fsp3) is 0.529. The van der Waals surface area contributed by atoms with E-state index in [-0.39, 0.29) is 12.7 Å². The molecule has 0 atom stereocenters. The summed E-state index contributed by atoms with van der Waals surface area (Å²) in [5.41, 5.74) is 0.889. The Balaban J connectivity index is 1.66. The van der Waals surface area contributed by atoms with Gasteiger partial charge in [-0.25, -0.2) is 4.79 Å². The third-order valence-corrected chi connectivity index (χ3v) is 4.16. The van der Waals surface area contributed by atoms with Crippen LogP contribution in [0.25, 0.3) is 0 Å². The van der Waals surface area contributed by atoms with E-state index in [1.54, 1.807) is 17.0 Å². The molecule has 0 saturated carbocycles. The molecule has 0 N–H and O–H groups in total. The molecular formula is C17H23ClN2O3.